The third kappa shape index (κ3) is 1.27. The Balaban J connectivity index is 2.55. The Morgan fingerprint density at radius 1 is 2.00 bits per heavy atom. The fourth-order valence-electron chi connectivity index (χ4n) is 0. The zero-order valence-electron chi connectivity index (χ0n) is 2.05. The molecule has 4 heavy (non-hydrogen) atoms. The molecular formula is CH4N2O. The van der Waals surface area contributed by atoms with E-state index in [4.69, 9.17) is 5.21 Å². The Morgan fingerprint density at radius 3 is 2.25 bits per heavy atom. The van der Waals surface area contributed by atoms with Gasteiger partial charge in [0.25, 0.3) is 0 Å². The molecule has 0 fully saturated rings. The molecule has 0 aromatic carbocycles. The molecule has 0 aliphatic heterocycles. The van der Waals surface area contributed by atoms with E-state index >= 15 is 0 Å². The second-order valence-electron chi connectivity index (χ2n) is 0.265. The Kier molecular flexibility index (Phi) is 1.86. The van der Waals surface area contributed by atoms with Crippen molar-refractivity contribution >= 4 is 6.34 Å². The zero-order chi connectivity index (χ0) is 3.41. The van der Waals surface area contributed by atoms with E-state index in [9.17, 15) is 0 Å². The number of rotatable bonds is 0. The first kappa shape index (κ1) is 3.27. The monoisotopic (exact) mass is 60.0 g/mol. The number of hydrogen-bond donors (Lipinski definition) is 2. The lowest BCUT2D eigenvalue weighted by Crippen LogP contribution is -1.85. The van der Waals surface area contributed by atoms with Crippen molar-refractivity contribution in [2.75, 3.05) is 0 Å². The molecule has 0 rings (SSSR count). The third-order valence-electron chi connectivity index (χ3n) is 0.0667. The molecule has 0 heterocycles. The molecule has 0 amide bonds. The van der Waals surface area contributed by atoms with Gasteiger partial charge in [-0.15, -0.1) is 0 Å². The maximum Gasteiger partial charge on any atom is 0.125 e. The van der Waals surface area contributed by atoms with Gasteiger partial charge in [-0.1, -0.05) is 5.16 Å². The average Bonchev–Trinajstić information content (AvgIpc) is 1.37. The maximum atomic E-state index is 7.32. The van der Waals surface area contributed by atoms with Gasteiger partial charge in [0.2, 0.25) is 0 Å². The van der Waals surface area contributed by atoms with E-state index in [0.717, 1.165) is 6.34 Å². The van der Waals surface area contributed by atoms with Crippen molar-refractivity contribution in [1.29, 1.82) is 0 Å². The minimum absolute atomic E-state index is 0.806. The van der Waals surface area contributed by atoms with Crippen LogP contribution in [0.25, 0.3) is 0 Å². The minimum Gasteiger partial charge on any atom is -0.410 e. The van der Waals surface area contributed by atoms with Gasteiger partial charge in [0.1, 0.15) is 6.34 Å². The van der Waals surface area contributed by atoms with Crippen molar-refractivity contribution in [3.05, 3.63) is 0 Å². The van der Waals surface area contributed by atoms with E-state index in [-0.39, 0.29) is 0 Å². The quantitative estimate of drug-likeness (QED) is 0.169. The number of hydrogen-bond acceptors (Lipinski definition) is 2. The van der Waals surface area contributed by atoms with E-state index in [1.54, 1.807) is 0 Å². The predicted molar refractivity (Wildman–Crippen MR) is 14.5 cm³/mol. The van der Waals surface area contributed by atoms with Crippen molar-refractivity contribution in [3.8, 4) is 0 Å². The molecule has 0 aliphatic carbocycles. The van der Waals surface area contributed by atoms with Gasteiger partial charge in [-0.3, -0.25) is 0 Å². The first-order chi connectivity index (χ1) is 1.91. The van der Waals surface area contributed by atoms with Crippen molar-refractivity contribution in [1.82, 2.24) is 0 Å². The van der Waals surface area contributed by atoms with E-state index in [2.05, 4.69) is 10.9 Å². The van der Waals surface area contributed by atoms with Crippen LogP contribution in [0.5, 0.6) is 0 Å². The molecule has 0 radical (unpaired) electrons. The molecule has 0 spiro atoms. The van der Waals surface area contributed by atoms with Crippen LogP contribution in [0, 0.1) is 0 Å². The first-order valence-electron chi connectivity index (χ1n) is 0.792. The van der Waals surface area contributed by atoms with Crippen LogP contribution >= 0.6 is 0 Å². The zero-order valence-corrected chi connectivity index (χ0v) is 2.05. The van der Waals surface area contributed by atoms with Gasteiger partial charge in [-0.05, 0) is 0 Å². The van der Waals surface area contributed by atoms with Gasteiger partial charge in [0, 0.05) is 0 Å². The van der Waals surface area contributed by atoms with Gasteiger partial charge >= 0.3 is 0 Å². The van der Waals surface area contributed by atoms with E-state index in [1.807, 2.05) is 0 Å². The summed E-state index contributed by atoms with van der Waals surface area (Å²) >= 11 is 0. The van der Waals surface area contributed by atoms with Crippen LogP contribution in [0.2, 0.25) is 0 Å². The van der Waals surface area contributed by atoms with E-state index in [1.165, 1.54) is 0 Å². The van der Waals surface area contributed by atoms with Crippen molar-refractivity contribution < 1.29 is 5.21 Å². The van der Waals surface area contributed by atoms with Crippen LogP contribution in [-0.4, -0.2) is 11.5 Å². The van der Waals surface area contributed by atoms with Crippen LogP contribution in [0.15, 0.2) is 5.16 Å². The van der Waals surface area contributed by atoms with Gasteiger partial charge in [0.05, 0.1) is 0 Å². The third-order valence-corrected chi connectivity index (χ3v) is 0.0667. The molecule has 3 N–H and O–H groups in total. The summed E-state index contributed by atoms with van der Waals surface area (Å²) in [5.41, 5.74) is 4.49. The number of nitrogens with zero attached hydrogens (tertiary/aromatic N) is 1. The van der Waals surface area contributed by atoms with E-state index in [0.29, 0.717) is 0 Å². The van der Waals surface area contributed by atoms with E-state index < -0.39 is 0 Å². The summed E-state index contributed by atoms with van der Waals surface area (Å²) in [6.45, 7) is 0. The summed E-state index contributed by atoms with van der Waals surface area (Å²) in [6, 6.07) is 0. The molecule has 0 saturated heterocycles. The number of oxime groups is 1. The molecular weight excluding hydrogens is 56.0 g/mol. The second kappa shape index (κ2) is 2.27. The summed E-state index contributed by atoms with van der Waals surface area (Å²) in [4.78, 5) is 0. The molecule has 3 nitrogen and oxygen atoms in total. The summed E-state index contributed by atoms with van der Waals surface area (Å²) in [5, 5.41) is 9.71. The normalized spacial score (nSPS) is 9.00. The van der Waals surface area contributed by atoms with Crippen LogP contribution in [0.4, 0.5) is 0 Å². The molecule has 0 atom stereocenters. The minimum atomic E-state index is 0.806. The Labute approximate surface area is 23.7 Å². The summed E-state index contributed by atoms with van der Waals surface area (Å²) in [7, 11) is 0. The summed E-state index contributed by atoms with van der Waals surface area (Å²) in [6.07, 6.45) is 0.806. The molecule has 0 aliphatic rings. The maximum absolute atomic E-state index is 7.32. The van der Waals surface area contributed by atoms with Crippen LogP contribution in [0.3, 0.4) is 0 Å². The smallest absolute Gasteiger partial charge is 0.125 e. The highest BCUT2D eigenvalue weighted by Gasteiger charge is 1.32. The highest BCUT2D eigenvalue weighted by atomic mass is 16.4. The Bertz CT molecular complexity index is 21.2. The molecule has 0 saturated carbocycles. The molecule has 0 aromatic rings. The van der Waals surface area contributed by atoms with Crippen molar-refractivity contribution in [2.24, 2.45) is 10.9 Å². The lowest BCUT2D eigenvalue weighted by atomic mass is 11.4. The van der Waals surface area contributed by atoms with Crippen molar-refractivity contribution in [2.45, 2.75) is 0 Å². The highest BCUT2D eigenvalue weighted by molar-refractivity contribution is 5.49. The summed E-state index contributed by atoms with van der Waals surface area (Å²) < 4.78 is 0. The van der Waals surface area contributed by atoms with Gasteiger partial charge in [-0.2, -0.15) is 0 Å². The Morgan fingerprint density at radius 2 is 2.25 bits per heavy atom. The van der Waals surface area contributed by atoms with Gasteiger partial charge in [-0.25, -0.2) is 0 Å². The standard InChI is InChI=1S/CH4N2O/c2-1-3-4/h1,4H,(H2,2,3). The average molecular weight is 60.1 g/mol. The fraction of sp³-hybridized carbons (Fsp3) is 0. The lowest BCUT2D eigenvalue weighted by Gasteiger charge is -1.56. The largest absolute Gasteiger partial charge is 0.410 e. The predicted octanol–water partition coefficient (Wildman–Crippen LogP) is -0.637. The fourth-order valence-corrected chi connectivity index (χ4v) is 0. The molecule has 0 bridgehead atoms. The molecule has 24 valence electrons. The van der Waals surface area contributed by atoms with Gasteiger partial charge in [0.15, 0.2) is 0 Å². The lowest BCUT2D eigenvalue weighted by molar-refractivity contribution is 0.321. The summed E-state index contributed by atoms with van der Waals surface area (Å²) in [5.74, 6) is 0. The molecule has 0 aromatic heterocycles. The Hall–Kier alpha value is -0.730. The van der Waals surface area contributed by atoms with Crippen LogP contribution < -0.4 is 5.73 Å². The van der Waals surface area contributed by atoms with Crippen LogP contribution in [0.1, 0.15) is 0 Å². The van der Waals surface area contributed by atoms with Crippen molar-refractivity contribution in [3.63, 3.8) is 0 Å². The molecule has 0 unspecified atom stereocenters. The van der Waals surface area contributed by atoms with Gasteiger partial charge < -0.3 is 10.9 Å². The SMILES string of the molecule is N/C=N/O. The molecule has 3 heteroatoms. The first-order valence-corrected chi connectivity index (χ1v) is 0.792. The second-order valence-corrected chi connectivity index (χ2v) is 0.265. The highest BCUT2D eigenvalue weighted by Crippen LogP contribution is 1.27. The topological polar surface area (TPSA) is 58.6 Å². The number of nitrogens with two attached hydrogens (primary N) is 1. The van der Waals surface area contributed by atoms with Crippen LogP contribution in [-0.2, 0) is 0 Å².